The van der Waals surface area contributed by atoms with Gasteiger partial charge in [-0.1, -0.05) is 13.8 Å². The number of amides is 2. The van der Waals surface area contributed by atoms with E-state index in [1.807, 2.05) is 18.7 Å². The number of nitrogens with one attached hydrogen (secondary N) is 1. The van der Waals surface area contributed by atoms with Crippen molar-refractivity contribution in [2.24, 2.45) is 23.5 Å². The third kappa shape index (κ3) is 4.82. The molecule has 1 unspecified atom stereocenters. The van der Waals surface area contributed by atoms with Crippen LogP contribution in [-0.2, 0) is 9.59 Å². The van der Waals surface area contributed by atoms with Gasteiger partial charge in [-0.05, 0) is 24.7 Å². The van der Waals surface area contributed by atoms with Crippen LogP contribution in [0.15, 0.2) is 0 Å². The number of nitrogens with zero attached hydrogens (tertiary/aromatic N) is 1. The molecule has 0 aromatic rings. The topological polar surface area (TPSA) is 75.4 Å². The molecule has 110 valence electrons. The van der Waals surface area contributed by atoms with Gasteiger partial charge in [0.05, 0.1) is 5.92 Å². The number of carbonyl (C=O) groups is 2. The molecule has 1 fully saturated rings. The Morgan fingerprint density at radius 1 is 1.32 bits per heavy atom. The molecule has 1 heterocycles. The molecule has 0 saturated carbocycles. The van der Waals surface area contributed by atoms with E-state index < -0.39 is 0 Å². The highest BCUT2D eigenvalue weighted by molar-refractivity contribution is 5.79. The van der Waals surface area contributed by atoms with E-state index in [1.54, 1.807) is 0 Å². The number of hydrogen-bond donors (Lipinski definition) is 2. The van der Waals surface area contributed by atoms with Crippen LogP contribution in [0.25, 0.3) is 0 Å². The fraction of sp³-hybridized carbons (Fsp3) is 0.857. The van der Waals surface area contributed by atoms with Crippen LogP contribution >= 0.6 is 0 Å². The second kappa shape index (κ2) is 7.48. The molecule has 1 aliphatic rings. The van der Waals surface area contributed by atoms with Gasteiger partial charge in [-0.25, -0.2) is 0 Å². The van der Waals surface area contributed by atoms with E-state index in [1.165, 1.54) is 6.92 Å². The summed E-state index contributed by atoms with van der Waals surface area (Å²) in [6.45, 7) is 8.33. The van der Waals surface area contributed by atoms with E-state index in [0.29, 0.717) is 12.5 Å². The van der Waals surface area contributed by atoms with Gasteiger partial charge in [0.25, 0.3) is 0 Å². The molecule has 2 amide bonds. The van der Waals surface area contributed by atoms with Crippen molar-refractivity contribution in [1.29, 1.82) is 0 Å². The van der Waals surface area contributed by atoms with Crippen LogP contribution in [0.5, 0.6) is 0 Å². The fourth-order valence-corrected chi connectivity index (χ4v) is 2.54. The average Bonchev–Trinajstić information content (AvgIpc) is 2.37. The monoisotopic (exact) mass is 269 g/mol. The summed E-state index contributed by atoms with van der Waals surface area (Å²) in [5, 5.41) is 2.85. The summed E-state index contributed by atoms with van der Waals surface area (Å²) in [6, 6.07) is 0. The van der Waals surface area contributed by atoms with Gasteiger partial charge >= 0.3 is 0 Å². The van der Waals surface area contributed by atoms with E-state index in [-0.39, 0.29) is 23.7 Å². The Hall–Kier alpha value is -1.10. The third-order valence-electron chi connectivity index (χ3n) is 3.94. The van der Waals surface area contributed by atoms with Crippen LogP contribution in [-0.4, -0.2) is 42.9 Å². The predicted molar refractivity (Wildman–Crippen MR) is 75.4 cm³/mol. The quantitative estimate of drug-likeness (QED) is 0.767. The zero-order valence-electron chi connectivity index (χ0n) is 12.3. The van der Waals surface area contributed by atoms with Crippen molar-refractivity contribution in [3.05, 3.63) is 0 Å². The second-order valence-electron chi connectivity index (χ2n) is 5.79. The molecule has 1 rings (SSSR count). The van der Waals surface area contributed by atoms with Gasteiger partial charge in [-0.3, -0.25) is 9.59 Å². The minimum absolute atomic E-state index is 0.0153. The highest BCUT2D eigenvalue weighted by Crippen LogP contribution is 2.20. The van der Waals surface area contributed by atoms with Crippen LogP contribution in [0.1, 0.15) is 33.6 Å². The second-order valence-corrected chi connectivity index (χ2v) is 5.79. The first-order valence-corrected chi connectivity index (χ1v) is 7.19. The van der Waals surface area contributed by atoms with Crippen LogP contribution in [0, 0.1) is 17.8 Å². The molecule has 1 saturated heterocycles. The first-order chi connectivity index (χ1) is 8.95. The fourth-order valence-electron chi connectivity index (χ4n) is 2.54. The summed E-state index contributed by atoms with van der Waals surface area (Å²) < 4.78 is 0. The number of piperidine rings is 1. The SMILES string of the molecule is CC(=O)NCC1CCN(C(=O)C(CN)C(C)C)CC1. The molecular formula is C14H27N3O2. The summed E-state index contributed by atoms with van der Waals surface area (Å²) in [6.07, 6.45) is 1.92. The summed E-state index contributed by atoms with van der Waals surface area (Å²) in [5.74, 6) is 0.918. The van der Waals surface area contributed by atoms with Gasteiger partial charge < -0.3 is 16.0 Å². The third-order valence-corrected chi connectivity index (χ3v) is 3.94. The molecule has 0 spiro atoms. The summed E-state index contributed by atoms with van der Waals surface area (Å²) in [4.78, 5) is 25.1. The van der Waals surface area contributed by atoms with Crippen LogP contribution in [0.4, 0.5) is 0 Å². The molecule has 0 aliphatic carbocycles. The maximum absolute atomic E-state index is 12.3. The predicted octanol–water partition coefficient (Wildman–Crippen LogP) is 0.592. The van der Waals surface area contributed by atoms with Crippen LogP contribution in [0.3, 0.4) is 0 Å². The Labute approximate surface area is 115 Å². The number of likely N-dealkylation sites (tertiary alicyclic amines) is 1. The zero-order chi connectivity index (χ0) is 14.4. The molecule has 0 aromatic carbocycles. The zero-order valence-corrected chi connectivity index (χ0v) is 12.3. The van der Waals surface area contributed by atoms with Crippen molar-refractivity contribution in [2.45, 2.75) is 33.6 Å². The minimum Gasteiger partial charge on any atom is -0.356 e. The maximum atomic E-state index is 12.3. The lowest BCUT2D eigenvalue weighted by Crippen LogP contribution is -2.46. The van der Waals surface area contributed by atoms with E-state index in [9.17, 15) is 9.59 Å². The molecule has 1 atom stereocenters. The van der Waals surface area contributed by atoms with Gasteiger partial charge in [0.1, 0.15) is 0 Å². The average molecular weight is 269 g/mol. The highest BCUT2D eigenvalue weighted by Gasteiger charge is 2.29. The van der Waals surface area contributed by atoms with E-state index >= 15 is 0 Å². The number of carbonyl (C=O) groups excluding carboxylic acids is 2. The normalized spacial score (nSPS) is 18.5. The van der Waals surface area contributed by atoms with E-state index in [0.717, 1.165) is 32.5 Å². The smallest absolute Gasteiger partial charge is 0.227 e. The van der Waals surface area contributed by atoms with Crippen molar-refractivity contribution in [1.82, 2.24) is 10.2 Å². The molecule has 0 bridgehead atoms. The first kappa shape index (κ1) is 16.0. The molecule has 5 nitrogen and oxygen atoms in total. The van der Waals surface area contributed by atoms with E-state index in [4.69, 9.17) is 5.73 Å². The lowest BCUT2D eigenvalue weighted by molar-refractivity contribution is -0.138. The molecule has 19 heavy (non-hydrogen) atoms. The standard InChI is InChI=1S/C14H27N3O2/c1-10(2)13(8-15)14(19)17-6-4-12(5-7-17)9-16-11(3)18/h10,12-13H,4-9,15H2,1-3H3,(H,16,18). The molecule has 3 N–H and O–H groups in total. The Kier molecular flexibility index (Phi) is 6.28. The molecule has 0 aromatic heterocycles. The van der Waals surface area contributed by atoms with Crippen molar-refractivity contribution >= 4 is 11.8 Å². The Morgan fingerprint density at radius 2 is 1.89 bits per heavy atom. The first-order valence-electron chi connectivity index (χ1n) is 7.19. The largest absolute Gasteiger partial charge is 0.356 e. The van der Waals surface area contributed by atoms with Crippen molar-refractivity contribution in [2.75, 3.05) is 26.2 Å². The van der Waals surface area contributed by atoms with Gasteiger partial charge in [0, 0.05) is 33.1 Å². The lowest BCUT2D eigenvalue weighted by atomic mass is 9.91. The Bertz CT molecular complexity index is 310. The molecule has 5 heteroatoms. The van der Waals surface area contributed by atoms with Crippen molar-refractivity contribution < 1.29 is 9.59 Å². The van der Waals surface area contributed by atoms with Crippen LogP contribution in [0.2, 0.25) is 0 Å². The maximum Gasteiger partial charge on any atom is 0.227 e. The Balaban J connectivity index is 2.40. The summed E-state index contributed by atoms with van der Waals surface area (Å²) >= 11 is 0. The Morgan fingerprint density at radius 3 is 2.32 bits per heavy atom. The lowest BCUT2D eigenvalue weighted by Gasteiger charge is -2.35. The molecule has 1 aliphatic heterocycles. The summed E-state index contributed by atoms with van der Waals surface area (Å²) in [7, 11) is 0. The van der Waals surface area contributed by atoms with Crippen molar-refractivity contribution in [3.63, 3.8) is 0 Å². The molecular weight excluding hydrogens is 242 g/mol. The number of rotatable bonds is 5. The molecule has 0 radical (unpaired) electrons. The van der Waals surface area contributed by atoms with E-state index in [2.05, 4.69) is 5.32 Å². The number of hydrogen-bond acceptors (Lipinski definition) is 3. The van der Waals surface area contributed by atoms with Gasteiger partial charge in [-0.2, -0.15) is 0 Å². The summed E-state index contributed by atoms with van der Waals surface area (Å²) in [5.41, 5.74) is 5.69. The van der Waals surface area contributed by atoms with Gasteiger partial charge in [0.2, 0.25) is 11.8 Å². The number of nitrogens with two attached hydrogens (primary N) is 1. The minimum atomic E-state index is -0.0631. The van der Waals surface area contributed by atoms with Crippen LogP contribution < -0.4 is 11.1 Å². The van der Waals surface area contributed by atoms with Crippen molar-refractivity contribution in [3.8, 4) is 0 Å². The van der Waals surface area contributed by atoms with Gasteiger partial charge in [-0.15, -0.1) is 0 Å². The highest BCUT2D eigenvalue weighted by atomic mass is 16.2. The van der Waals surface area contributed by atoms with Gasteiger partial charge in [0.15, 0.2) is 0 Å².